The van der Waals surface area contributed by atoms with Crippen molar-refractivity contribution in [3.63, 3.8) is 0 Å². The Hall–Kier alpha value is -1.19. The van der Waals surface area contributed by atoms with Gasteiger partial charge >= 0.3 is 0 Å². The molecule has 3 rings (SSSR count). The lowest BCUT2D eigenvalue weighted by atomic mass is 10.1. The van der Waals surface area contributed by atoms with E-state index in [0.717, 1.165) is 29.4 Å². The second kappa shape index (κ2) is 5.43. The summed E-state index contributed by atoms with van der Waals surface area (Å²) in [7, 11) is 0. The third kappa shape index (κ3) is 2.72. The molecule has 0 bridgehead atoms. The molecule has 2 aromatic rings. The van der Waals surface area contributed by atoms with Gasteiger partial charge in [0.05, 0.1) is 0 Å². The lowest BCUT2D eigenvalue weighted by molar-refractivity contribution is 0.529. The van der Waals surface area contributed by atoms with E-state index in [1.165, 1.54) is 11.1 Å². The summed E-state index contributed by atoms with van der Waals surface area (Å²) in [5.74, 6) is -0.134. The molecular formula is C16H15BrFN. The van der Waals surface area contributed by atoms with Gasteiger partial charge in [-0.25, -0.2) is 4.39 Å². The maximum absolute atomic E-state index is 13.2. The third-order valence-electron chi connectivity index (χ3n) is 3.68. The van der Waals surface area contributed by atoms with Gasteiger partial charge in [-0.15, -0.1) is 0 Å². The summed E-state index contributed by atoms with van der Waals surface area (Å²) in [6, 6.07) is 13.7. The van der Waals surface area contributed by atoms with E-state index in [2.05, 4.69) is 33.4 Å². The fourth-order valence-corrected chi connectivity index (χ4v) is 3.10. The summed E-state index contributed by atoms with van der Waals surface area (Å²) in [6.45, 7) is 0.822. The standard InChI is InChI=1S/C16H15BrFN/c17-15-4-2-1-3-12(15)10-19-16-8-5-11-9-13(18)6-7-14(11)16/h1-4,6-7,9,16,19H,5,8,10H2. The molecule has 98 valence electrons. The molecule has 0 fully saturated rings. The molecule has 0 aromatic heterocycles. The molecule has 0 saturated carbocycles. The maximum Gasteiger partial charge on any atom is 0.123 e. The van der Waals surface area contributed by atoms with Crippen molar-refractivity contribution in [1.82, 2.24) is 5.32 Å². The number of rotatable bonds is 3. The first kappa shape index (κ1) is 12.8. The molecule has 0 aliphatic heterocycles. The summed E-state index contributed by atoms with van der Waals surface area (Å²) in [6.07, 6.45) is 2.00. The smallest absolute Gasteiger partial charge is 0.123 e. The van der Waals surface area contributed by atoms with E-state index in [-0.39, 0.29) is 5.82 Å². The van der Waals surface area contributed by atoms with E-state index < -0.39 is 0 Å². The molecule has 2 aromatic carbocycles. The largest absolute Gasteiger partial charge is 0.306 e. The van der Waals surface area contributed by atoms with Gasteiger partial charge in [-0.1, -0.05) is 40.2 Å². The van der Waals surface area contributed by atoms with Crippen LogP contribution in [0.1, 0.15) is 29.2 Å². The van der Waals surface area contributed by atoms with Crippen molar-refractivity contribution in [2.75, 3.05) is 0 Å². The third-order valence-corrected chi connectivity index (χ3v) is 4.45. The lowest BCUT2D eigenvalue weighted by Gasteiger charge is -2.14. The van der Waals surface area contributed by atoms with Crippen LogP contribution in [-0.2, 0) is 13.0 Å². The first-order valence-electron chi connectivity index (χ1n) is 6.49. The Balaban J connectivity index is 1.72. The zero-order valence-corrected chi connectivity index (χ0v) is 12.1. The number of aryl methyl sites for hydroxylation is 1. The molecule has 0 spiro atoms. The van der Waals surface area contributed by atoms with Crippen LogP contribution in [0.2, 0.25) is 0 Å². The summed E-state index contributed by atoms with van der Waals surface area (Å²) in [4.78, 5) is 0. The van der Waals surface area contributed by atoms with Crippen LogP contribution in [0.5, 0.6) is 0 Å². The quantitative estimate of drug-likeness (QED) is 0.886. The van der Waals surface area contributed by atoms with Gasteiger partial charge in [0.1, 0.15) is 5.82 Å². The fraction of sp³-hybridized carbons (Fsp3) is 0.250. The van der Waals surface area contributed by atoms with Crippen molar-refractivity contribution in [1.29, 1.82) is 0 Å². The molecule has 1 aliphatic carbocycles. The lowest BCUT2D eigenvalue weighted by Crippen LogP contribution is -2.18. The summed E-state index contributed by atoms with van der Waals surface area (Å²) in [5.41, 5.74) is 3.64. The van der Waals surface area contributed by atoms with Crippen LogP contribution >= 0.6 is 15.9 Å². The Kier molecular flexibility index (Phi) is 3.67. The second-order valence-electron chi connectivity index (χ2n) is 4.91. The van der Waals surface area contributed by atoms with E-state index in [9.17, 15) is 4.39 Å². The van der Waals surface area contributed by atoms with Gasteiger partial charge in [0.25, 0.3) is 0 Å². The SMILES string of the molecule is Fc1ccc2c(c1)CCC2NCc1ccccc1Br. The van der Waals surface area contributed by atoms with Gasteiger partial charge in [0, 0.05) is 17.1 Å². The highest BCUT2D eigenvalue weighted by molar-refractivity contribution is 9.10. The number of hydrogen-bond acceptors (Lipinski definition) is 1. The van der Waals surface area contributed by atoms with Crippen molar-refractivity contribution in [3.05, 3.63) is 69.4 Å². The fourth-order valence-electron chi connectivity index (χ4n) is 2.67. The average molecular weight is 320 g/mol. The van der Waals surface area contributed by atoms with Gasteiger partial charge in [0.2, 0.25) is 0 Å². The van der Waals surface area contributed by atoms with Crippen LogP contribution in [-0.4, -0.2) is 0 Å². The van der Waals surface area contributed by atoms with Crippen molar-refractivity contribution >= 4 is 15.9 Å². The first-order valence-corrected chi connectivity index (χ1v) is 7.28. The van der Waals surface area contributed by atoms with Crippen molar-refractivity contribution < 1.29 is 4.39 Å². The summed E-state index contributed by atoms with van der Waals surface area (Å²) in [5, 5.41) is 3.56. The molecule has 0 radical (unpaired) electrons. The normalized spacial score (nSPS) is 17.5. The monoisotopic (exact) mass is 319 g/mol. The van der Waals surface area contributed by atoms with Crippen LogP contribution in [0.25, 0.3) is 0 Å². The Bertz CT molecular complexity index is 597. The van der Waals surface area contributed by atoms with Gasteiger partial charge in [-0.3, -0.25) is 0 Å². The Labute approximate surface area is 121 Å². The number of nitrogens with one attached hydrogen (secondary N) is 1. The van der Waals surface area contributed by atoms with Crippen molar-refractivity contribution in [2.45, 2.75) is 25.4 Å². The van der Waals surface area contributed by atoms with Crippen molar-refractivity contribution in [3.8, 4) is 0 Å². The first-order chi connectivity index (χ1) is 9.24. The maximum atomic E-state index is 13.2. The number of fused-ring (bicyclic) bond motifs is 1. The van der Waals surface area contributed by atoms with Gasteiger partial charge < -0.3 is 5.32 Å². The molecule has 19 heavy (non-hydrogen) atoms. The highest BCUT2D eigenvalue weighted by atomic mass is 79.9. The zero-order valence-electron chi connectivity index (χ0n) is 10.5. The number of hydrogen-bond donors (Lipinski definition) is 1. The predicted octanol–water partition coefficient (Wildman–Crippen LogP) is 4.37. The molecule has 0 heterocycles. The van der Waals surface area contributed by atoms with Crippen molar-refractivity contribution in [2.24, 2.45) is 0 Å². The van der Waals surface area contributed by atoms with Gasteiger partial charge in [0.15, 0.2) is 0 Å². The zero-order chi connectivity index (χ0) is 13.2. The van der Waals surface area contributed by atoms with Gasteiger partial charge in [-0.2, -0.15) is 0 Å². The second-order valence-corrected chi connectivity index (χ2v) is 5.76. The molecule has 1 unspecified atom stereocenters. The Morgan fingerprint density at radius 3 is 2.89 bits per heavy atom. The minimum Gasteiger partial charge on any atom is -0.306 e. The molecule has 0 amide bonds. The average Bonchev–Trinajstić information content (AvgIpc) is 2.80. The molecule has 0 saturated heterocycles. The van der Waals surface area contributed by atoms with Crippen LogP contribution in [0, 0.1) is 5.82 Å². The molecule has 1 atom stereocenters. The Morgan fingerprint density at radius 2 is 2.05 bits per heavy atom. The van der Waals surface area contributed by atoms with E-state index in [4.69, 9.17) is 0 Å². The molecule has 3 heteroatoms. The minimum atomic E-state index is -0.134. The van der Waals surface area contributed by atoms with Crippen LogP contribution in [0.3, 0.4) is 0 Å². The predicted molar refractivity (Wildman–Crippen MR) is 78.4 cm³/mol. The summed E-state index contributed by atoms with van der Waals surface area (Å²) >= 11 is 3.56. The Morgan fingerprint density at radius 1 is 1.21 bits per heavy atom. The van der Waals surface area contributed by atoms with E-state index in [0.29, 0.717) is 6.04 Å². The molecule has 1 nitrogen and oxygen atoms in total. The van der Waals surface area contributed by atoms with Crippen LogP contribution < -0.4 is 5.32 Å². The van der Waals surface area contributed by atoms with Crippen LogP contribution in [0.15, 0.2) is 46.9 Å². The molecule has 1 N–H and O–H groups in total. The molecule has 1 aliphatic rings. The number of benzene rings is 2. The highest BCUT2D eigenvalue weighted by Gasteiger charge is 2.22. The molecular weight excluding hydrogens is 305 g/mol. The minimum absolute atomic E-state index is 0.134. The summed E-state index contributed by atoms with van der Waals surface area (Å²) < 4.78 is 14.3. The topological polar surface area (TPSA) is 12.0 Å². The van der Waals surface area contributed by atoms with Crippen LogP contribution in [0.4, 0.5) is 4.39 Å². The van der Waals surface area contributed by atoms with E-state index in [1.54, 1.807) is 12.1 Å². The van der Waals surface area contributed by atoms with Gasteiger partial charge in [-0.05, 0) is 47.7 Å². The van der Waals surface area contributed by atoms with E-state index >= 15 is 0 Å². The number of halogens is 2. The highest BCUT2D eigenvalue weighted by Crippen LogP contribution is 2.32. The van der Waals surface area contributed by atoms with E-state index in [1.807, 2.05) is 18.2 Å².